The fourth-order valence-electron chi connectivity index (χ4n) is 1.59. The van der Waals surface area contributed by atoms with Gasteiger partial charge in [-0.3, -0.25) is 14.9 Å². The van der Waals surface area contributed by atoms with Crippen LogP contribution in [-0.4, -0.2) is 10.8 Å². The normalized spacial score (nSPS) is 10.2. The molecule has 0 unspecified atom stereocenters. The smallest absolute Gasteiger partial charge is 0.295 e. The van der Waals surface area contributed by atoms with Crippen LogP contribution in [0.2, 0.25) is 0 Å². The molecule has 0 radical (unpaired) electrons. The second kappa shape index (κ2) is 5.96. The molecule has 0 bridgehead atoms. The van der Waals surface area contributed by atoms with Crippen molar-refractivity contribution in [2.45, 2.75) is 0 Å². The second-order valence-electron chi connectivity index (χ2n) is 4.00. The summed E-state index contributed by atoms with van der Waals surface area (Å²) >= 11 is 2.95. The summed E-state index contributed by atoms with van der Waals surface area (Å²) in [6.45, 7) is 0. The van der Waals surface area contributed by atoms with Crippen molar-refractivity contribution in [3.05, 3.63) is 68.2 Å². The van der Waals surface area contributed by atoms with Gasteiger partial charge in [0.1, 0.15) is 17.3 Å². The summed E-state index contributed by atoms with van der Waals surface area (Å²) in [6.07, 6.45) is 0. The highest BCUT2D eigenvalue weighted by Crippen LogP contribution is 2.26. The highest BCUT2D eigenvalue weighted by Gasteiger charge is 2.18. The van der Waals surface area contributed by atoms with E-state index in [-0.39, 0.29) is 15.7 Å². The number of halogens is 3. The topological polar surface area (TPSA) is 72.2 Å². The number of nitrogens with one attached hydrogen (secondary N) is 1. The number of rotatable bonds is 3. The molecule has 0 spiro atoms. The van der Waals surface area contributed by atoms with Gasteiger partial charge in [-0.25, -0.2) is 8.78 Å². The Morgan fingerprint density at radius 1 is 1.19 bits per heavy atom. The number of amides is 1. The molecule has 21 heavy (non-hydrogen) atoms. The third kappa shape index (κ3) is 3.40. The highest BCUT2D eigenvalue weighted by atomic mass is 79.9. The van der Waals surface area contributed by atoms with Crippen LogP contribution in [0.15, 0.2) is 40.9 Å². The zero-order valence-electron chi connectivity index (χ0n) is 10.3. The van der Waals surface area contributed by atoms with Crippen molar-refractivity contribution >= 4 is 33.2 Å². The van der Waals surface area contributed by atoms with Crippen molar-refractivity contribution in [1.82, 2.24) is 0 Å². The maximum atomic E-state index is 13.4. The number of nitro benzene ring substituents is 1. The van der Waals surface area contributed by atoms with Crippen LogP contribution in [0, 0.1) is 21.7 Å². The molecule has 1 amide bonds. The van der Waals surface area contributed by atoms with E-state index in [1.54, 1.807) is 0 Å². The zero-order valence-corrected chi connectivity index (χ0v) is 11.9. The number of carbonyl (C=O) groups is 1. The van der Waals surface area contributed by atoms with Crippen molar-refractivity contribution in [3.8, 4) is 0 Å². The summed E-state index contributed by atoms with van der Waals surface area (Å²) in [4.78, 5) is 21.9. The molecule has 2 aromatic carbocycles. The van der Waals surface area contributed by atoms with Crippen LogP contribution < -0.4 is 5.32 Å². The van der Waals surface area contributed by atoms with Crippen LogP contribution in [-0.2, 0) is 0 Å². The lowest BCUT2D eigenvalue weighted by atomic mass is 10.2. The van der Waals surface area contributed by atoms with E-state index in [2.05, 4.69) is 21.2 Å². The number of nitrogens with zero attached hydrogens (tertiary/aromatic N) is 1. The van der Waals surface area contributed by atoms with Gasteiger partial charge >= 0.3 is 0 Å². The molecule has 0 aliphatic rings. The lowest BCUT2D eigenvalue weighted by Gasteiger charge is -2.06. The van der Waals surface area contributed by atoms with E-state index in [9.17, 15) is 23.7 Å². The summed E-state index contributed by atoms with van der Waals surface area (Å²) in [6, 6.07) is 6.40. The Hall–Kier alpha value is -2.35. The molecule has 5 nitrogen and oxygen atoms in total. The monoisotopic (exact) mass is 356 g/mol. The van der Waals surface area contributed by atoms with E-state index in [0.29, 0.717) is 6.07 Å². The molecule has 8 heteroatoms. The zero-order chi connectivity index (χ0) is 15.6. The van der Waals surface area contributed by atoms with E-state index in [1.807, 2.05) is 0 Å². The van der Waals surface area contributed by atoms with Crippen LogP contribution in [0.4, 0.5) is 20.2 Å². The van der Waals surface area contributed by atoms with Crippen molar-refractivity contribution in [3.63, 3.8) is 0 Å². The van der Waals surface area contributed by atoms with E-state index in [0.717, 1.165) is 18.2 Å². The van der Waals surface area contributed by atoms with Gasteiger partial charge in [0.2, 0.25) is 0 Å². The lowest BCUT2D eigenvalue weighted by molar-refractivity contribution is -0.384. The van der Waals surface area contributed by atoms with Crippen molar-refractivity contribution < 1.29 is 18.5 Å². The Bertz CT molecular complexity index is 737. The van der Waals surface area contributed by atoms with Gasteiger partial charge in [-0.2, -0.15) is 0 Å². The average Bonchev–Trinajstić information content (AvgIpc) is 2.43. The van der Waals surface area contributed by atoms with Gasteiger partial charge < -0.3 is 5.32 Å². The van der Waals surface area contributed by atoms with E-state index >= 15 is 0 Å². The van der Waals surface area contributed by atoms with Crippen LogP contribution in [0.1, 0.15) is 10.4 Å². The van der Waals surface area contributed by atoms with Gasteiger partial charge in [0.05, 0.1) is 15.5 Å². The summed E-state index contributed by atoms with van der Waals surface area (Å²) in [5.41, 5.74) is -0.773. The first-order valence-corrected chi connectivity index (χ1v) is 6.38. The standard InChI is InChI=1S/C13H7BrF2N2O3/c14-9-3-1-7(5-10(9)16)13(19)17-11-4-2-8(15)6-12(11)18(20)21/h1-6H,(H,17,19). The van der Waals surface area contributed by atoms with Crippen molar-refractivity contribution in [1.29, 1.82) is 0 Å². The predicted octanol–water partition coefficient (Wildman–Crippen LogP) is 3.89. The molecule has 0 atom stereocenters. The van der Waals surface area contributed by atoms with Crippen LogP contribution >= 0.6 is 15.9 Å². The van der Waals surface area contributed by atoms with Crippen LogP contribution in [0.25, 0.3) is 0 Å². The molecule has 0 fully saturated rings. The van der Waals surface area contributed by atoms with Crippen LogP contribution in [0.3, 0.4) is 0 Å². The average molecular weight is 357 g/mol. The number of hydrogen-bond acceptors (Lipinski definition) is 3. The summed E-state index contributed by atoms with van der Waals surface area (Å²) in [5, 5.41) is 13.1. The first kappa shape index (κ1) is 15.0. The van der Waals surface area contributed by atoms with Gasteiger partial charge in [0.15, 0.2) is 0 Å². The maximum absolute atomic E-state index is 13.4. The largest absolute Gasteiger partial charge is 0.316 e. The summed E-state index contributed by atoms with van der Waals surface area (Å²) in [7, 11) is 0. The molecule has 2 rings (SSSR count). The van der Waals surface area contributed by atoms with Crippen molar-refractivity contribution in [2.75, 3.05) is 5.32 Å². The Labute approximate surface area is 125 Å². The molecule has 108 valence electrons. The molecule has 0 aliphatic heterocycles. The van der Waals surface area contributed by atoms with Crippen molar-refractivity contribution in [2.24, 2.45) is 0 Å². The number of carbonyl (C=O) groups excluding carboxylic acids is 1. The highest BCUT2D eigenvalue weighted by molar-refractivity contribution is 9.10. The molecule has 0 saturated heterocycles. The van der Waals surface area contributed by atoms with Gasteiger partial charge in [0.25, 0.3) is 11.6 Å². The third-order valence-corrected chi connectivity index (χ3v) is 3.23. The minimum Gasteiger partial charge on any atom is -0.316 e. The van der Waals surface area contributed by atoms with Gasteiger partial charge in [-0.05, 0) is 46.3 Å². The molecular formula is C13H7BrF2N2O3. The fraction of sp³-hybridized carbons (Fsp3) is 0. The van der Waals surface area contributed by atoms with Gasteiger partial charge in [0, 0.05) is 5.56 Å². The SMILES string of the molecule is O=C(Nc1ccc(F)cc1[N+](=O)[O-])c1ccc(Br)c(F)c1. The summed E-state index contributed by atoms with van der Waals surface area (Å²) < 4.78 is 26.5. The van der Waals surface area contributed by atoms with Gasteiger partial charge in [-0.15, -0.1) is 0 Å². The quantitative estimate of drug-likeness (QED) is 0.669. The third-order valence-electron chi connectivity index (χ3n) is 2.59. The molecular weight excluding hydrogens is 350 g/mol. The maximum Gasteiger partial charge on any atom is 0.295 e. The first-order chi connectivity index (χ1) is 9.88. The second-order valence-corrected chi connectivity index (χ2v) is 4.86. The molecule has 2 aromatic rings. The van der Waals surface area contributed by atoms with E-state index in [1.165, 1.54) is 12.1 Å². The summed E-state index contributed by atoms with van der Waals surface area (Å²) in [5.74, 6) is -2.18. The number of anilines is 1. The van der Waals surface area contributed by atoms with Crippen LogP contribution in [0.5, 0.6) is 0 Å². The molecule has 0 saturated carbocycles. The molecule has 0 heterocycles. The minimum atomic E-state index is -0.819. The molecule has 0 aliphatic carbocycles. The Balaban J connectivity index is 2.31. The Morgan fingerprint density at radius 2 is 1.90 bits per heavy atom. The van der Waals surface area contributed by atoms with E-state index < -0.39 is 28.2 Å². The minimum absolute atomic E-state index is 0.0191. The first-order valence-electron chi connectivity index (χ1n) is 5.59. The predicted molar refractivity (Wildman–Crippen MR) is 75.1 cm³/mol. The Morgan fingerprint density at radius 3 is 2.52 bits per heavy atom. The lowest BCUT2D eigenvalue weighted by Crippen LogP contribution is -2.13. The number of benzene rings is 2. The van der Waals surface area contributed by atoms with E-state index in [4.69, 9.17) is 0 Å². The Kier molecular flexibility index (Phi) is 4.27. The molecule has 0 aromatic heterocycles. The fourth-order valence-corrected chi connectivity index (χ4v) is 1.84. The van der Waals surface area contributed by atoms with Gasteiger partial charge in [-0.1, -0.05) is 0 Å². The molecule has 1 N–H and O–H groups in total. The number of hydrogen-bond donors (Lipinski definition) is 1. The number of nitro groups is 1.